The molecular weight excluding hydrogens is 232 g/mol. The molecule has 0 fully saturated rings. The first-order valence-corrected chi connectivity index (χ1v) is 5.71. The van der Waals surface area contributed by atoms with Crippen LogP contribution in [-0.4, -0.2) is 5.84 Å². The van der Waals surface area contributed by atoms with E-state index in [1.54, 1.807) is 0 Å². The first kappa shape index (κ1) is 11.7. The maximum Gasteiger partial charge on any atom is 0.131 e. The molecule has 0 bridgehead atoms. The molecule has 0 aliphatic rings. The lowest BCUT2D eigenvalue weighted by Gasteiger charge is -2.04. The van der Waals surface area contributed by atoms with Gasteiger partial charge in [0.15, 0.2) is 0 Å². The van der Waals surface area contributed by atoms with E-state index in [0.29, 0.717) is 10.9 Å². The van der Waals surface area contributed by atoms with Crippen molar-refractivity contribution in [3.05, 3.63) is 64.7 Å². The summed E-state index contributed by atoms with van der Waals surface area (Å²) >= 11 is 6.03. The summed E-state index contributed by atoms with van der Waals surface area (Å²) < 4.78 is 0. The molecule has 0 aliphatic carbocycles. The van der Waals surface area contributed by atoms with E-state index in [9.17, 15) is 0 Å². The van der Waals surface area contributed by atoms with Crippen molar-refractivity contribution in [1.29, 1.82) is 0 Å². The van der Waals surface area contributed by atoms with Crippen molar-refractivity contribution in [3.63, 3.8) is 0 Å². The smallest absolute Gasteiger partial charge is 0.131 e. The molecule has 0 atom stereocenters. The first-order valence-electron chi connectivity index (χ1n) is 5.33. The molecule has 86 valence electrons. The molecule has 3 heteroatoms. The van der Waals surface area contributed by atoms with Gasteiger partial charge >= 0.3 is 0 Å². The zero-order valence-corrected chi connectivity index (χ0v) is 10.3. The highest BCUT2D eigenvalue weighted by Gasteiger charge is 2.02. The molecule has 2 N–H and O–H groups in total. The number of benzene rings is 2. The van der Waals surface area contributed by atoms with Gasteiger partial charge in [-0.3, -0.25) is 0 Å². The van der Waals surface area contributed by atoms with Gasteiger partial charge in [-0.05, 0) is 24.6 Å². The minimum absolute atomic E-state index is 0.496. The van der Waals surface area contributed by atoms with E-state index in [4.69, 9.17) is 17.3 Å². The predicted molar refractivity (Wildman–Crippen MR) is 73.0 cm³/mol. The summed E-state index contributed by atoms with van der Waals surface area (Å²) in [6, 6.07) is 15.3. The third-order valence-electron chi connectivity index (χ3n) is 2.55. The van der Waals surface area contributed by atoms with Crippen molar-refractivity contribution in [1.82, 2.24) is 0 Å². The Kier molecular flexibility index (Phi) is 3.45. The number of hydrogen-bond donors (Lipinski definition) is 1. The predicted octanol–water partition coefficient (Wildman–Crippen LogP) is 3.69. The fourth-order valence-corrected chi connectivity index (χ4v) is 1.69. The molecule has 0 spiro atoms. The summed E-state index contributed by atoms with van der Waals surface area (Å²) in [6.45, 7) is 1.93. The third kappa shape index (κ3) is 2.66. The first-order chi connectivity index (χ1) is 8.18. The molecule has 2 nitrogen and oxygen atoms in total. The van der Waals surface area contributed by atoms with Crippen LogP contribution in [0.1, 0.15) is 11.1 Å². The van der Waals surface area contributed by atoms with Gasteiger partial charge in [0.25, 0.3) is 0 Å². The summed E-state index contributed by atoms with van der Waals surface area (Å²) in [7, 11) is 0. The van der Waals surface area contributed by atoms with E-state index in [0.717, 1.165) is 16.8 Å². The van der Waals surface area contributed by atoms with Gasteiger partial charge in [-0.2, -0.15) is 0 Å². The van der Waals surface area contributed by atoms with E-state index in [1.807, 2.05) is 55.5 Å². The zero-order valence-electron chi connectivity index (χ0n) is 9.52. The molecule has 0 unspecified atom stereocenters. The van der Waals surface area contributed by atoms with Crippen molar-refractivity contribution in [2.45, 2.75) is 6.92 Å². The second-order valence-electron chi connectivity index (χ2n) is 3.75. The van der Waals surface area contributed by atoms with E-state index in [1.165, 1.54) is 0 Å². The molecule has 0 amide bonds. The Hall–Kier alpha value is -1.80. The van der Waals surface area contributed by atoms with Crippen molar-refractivity contribution in [2.75, 3.05) is 0 Å². The van der Waals surface area contributed by atoms with Crippen molar-refractivity contribution in [2.24, 2.45) is 10.7 Å². The SMILES string of the molecule is Cc1c(Cl)cccc1N=C(N)c1ccccc1. The van der Waals surface area contributed by atoms with Crippen LogP contribution in [0.2, 0.25) is 5.02 Å². The number of rotatable bonds is 2. The Bertz CT molecular complexity index is 547. The van der Waals surface area contributed by atoms with Gasteiger partial charge in [0, 0.05) is 10.6 Å². The van der Waals surface area contributed by atoms with Gasteiger partial charge < -0.3 is 5.73 Å². The lowest BCUT2D eigenvalue weighted by atomic mass is 10.2. The molecule has 0 radical (unpaired) electrons. The highest BCUT2D eigenvalue weighted by Crippen LogP contribution is 2.25. The molecule has 2 aromatic carbocycles. The monoisotopic (exact) mass is 244 g/mol. The number of hydrogen-bond acceptors (Lipinski definition) is 1. The van der Waals surface area contributed by atoms with E-state index < -0.39 is 0 Å². The average molecular weight is 245 g/mol. The van der Waals surface area contributed by atoms with Gasteiger partial charge in [0.1, 0.15) is 5.84 Å². The van der Waals surface area contributed by atoms with Crippen molar-refractivity contribution >= 4 is 23.1 Å². The number of amidine groups is 1. The molecule has 0 aliphatic heterocycles. The van der Waals surface area contributed by atoms with Crippen LogP contribution in [0, 0.1) is 6.92 Å². The van der Waals surface area contributed by atoms with Crippen LogP contribution in [0.5, 0.6) is 0 Å². The quantitative estimate of drug-likeness (QED) is 0.635. The summed E-state index contributed by atoms with van der Waals surface area (Å²) in [5.41, 5.74) is 8.60. The minimum Gasteiger partial charge on any atom is -0.383 e. The van der Waals surface area contributed by atoms with Crippen molar-refractivity contribution < 1.29 is 0 Å². The maximum atomic E-state index is 6.03. The number of nitrogens with two attached hydrogens (primary N) is 1. The van der Waals surface area contributed by atoms with Crippen LogP contribution in [0.4, 0.5) is 5.69 Å². The van der Waals surface area contributed by atoms with Gasteiger partial charge in [0.05, 0.1) is 5.69 Å². The molecular formula is C14H13ClN2. The third-order valence-corrected chi connectivity index (χ3v) is 2.96. The Morgan fingerprint density at radius 2 is 1.76 bits per heavy atom. The Labute approximate surface area is 106 Å². The number of aliphatic imine (C=N–C) groups is 1. The van der Waals surface area contributed by atoms with Crippen LogP contribution in [0.15, 0.2) is 53.5 Å². The maximum absolute atomic E-state index is 6.03. The minimum atomic E-state index is 0.496. The molecule has 2 aromatic rings. The molecule has 0 heterocycles. The standard InChI is InChI=1S/C14H13ClN2/c1-10-12(15)8-5-9-13(10)17-14(16)11-6-3-2-4-7-11/h2-9H,1H3,(H2,16,17). The topological polar surface area (TPSA) is 38.4 Å². The fraction of sp³-hybridized carbons (Fsp3) is 0.0714. The molecule has 2 rings (SSSR count). The average Bonchev–Trinajstić information content (AvgIpc) is 2.36. The lowest BCUT2D eigenvalue weighted by Crippen LogP contribution is -2.12. The lowest BCUT2D eigenvalue weighted by molar-refractivity contribution is 1.37. The zero-order chi connectivity index (χ0) is 12.3. The largest absolute Gasteiger partial charge is 0.383 e. The number of halogens is 1. The van der Waals surface area contributed by atoms with Crippen LogP contribution in [0.25, 0.3) is 0 Å². The normalized spacial score (nSPS) is 11.5. The van der Waals surface area contributed by atoms with Crippen LogP contribution in [-0.2, 0) is 0 Å². The number of nitrogens with zero attached hydrogens (tertiary/aromatic N) is 1. The summed E-state index contributed by atoms with van der Waals surface area (Å²) in [4.78, 5) is 4.40. The second-order valence-corrected chi connectivity index (χ2v) is 4.15. The van der Waals surface area contributed by atoms with Gasteiger partial charge in [-0.25, -0.2) is 4.99 Å². The Morgan fingerprint density at radius 3 is 2.47 bits per heavy atom. The highest BCUT2D eigenvalue weighted by atomic mass is 35.5. The molecule has 17 heavy (non-hydrogen) atoms. The Balaban J connectivity index is 2.40. The van der Waals surface area contributed by atoms with Gasteiger partial charge in [0.2, 0.25) is 0 Å². The van der Waals surface area contributed by atoms with Crippen molar-refractivity contribution in [3.8, 4) is 0 Å². The van der Waals surface area contributed by atoms with Gasteiger partial charge in [-0.15, -0.1) is 0 Å². The Morgan fingerprint density at radius 1 is 1.06 bits per heavy atom. The summed E-state index contributed by atoms with van der Waals surface area (Å²) in [6.07, 6.45) is 0. The van der Waals surface area contributed by atoms with E-state index in [2.05, 4.69) is 4.99 Å². The van der Waals surface area contributed by atoms with E-state index >= 15 is 0 Å². The van der Waals surface area contributed by atoms with Crippen LogP contribution < -0.4 is 5.73 Å². The fourth-order valence-electron chi connectivity index (χ4n) is 1.52. The summed E-state index contributed by atoms with van der Waals surface area (Å²) in [5.74, 6) is 0.496. The molecule has 0 saturated heterocycles. The van der Waals surface area contributed by atoms with Crippen LogP contribution >= 0.6 is 11.6 Å². The second kappa shape index (κ2) is 5.02. The van der Waals surface area contributed by atoms with Crippen LogP contribution in [0.3, 0.4) is 0 Å². The molecule has 0 aromatic heterocycles. The van der Waals surface area contributed by atoms with Gasteiger partial charge in [-0.1, -0.05) is 48.0 Å². The summed E-state index contributed by atoms with van der Waals surface area (Å²) in [5, 5.41) is 0.701. The molecule has 0 saturated carbocycles. The van der Waals surface area contributed by atoms with E-state index in [-0.39, 0.29) is 0 Å². The highest BCUT2D eigenvalue weighted by molar-refractivity contribution is 6.31.